The average Bonchev–Trinajstić information content (AvgIpc) is 2.50. The predicted octanol–water partition coefficient (Wildman–Crippen LogP) is 1.18. The van der Waals surface area contributed by atoms with Crippen molar-refractivity contribution in [3.8, 4) is 11.5 Å². The van der Waals surface area contributed by atoms with E-state index in [1.54, 1.807) is 14.2 Å². The van der Waals surface area contributed by atoms with Crippen LogP contribution in [0.15, 0.2) is 18.2 Å². The van der Waals surface area contributed by atoms with Crippen LogP contribution < -0.4 is 9.47 Å². The molecule has 0 bridgehead atoms. The lowest BCUT2D eigenvalue weighted by Crippen LogP contribution is -2.39. The number of fused-ring (bicyclic) bond motifs is 1. The fourth-order valence-electron chi connectivity index (χ4n) is 2.34. The number of hydrogen-bond donors (Lipinski definition) is 1. The summed E-state index contributed by atoms with van der Waals surface area (Å²) in [5.41, 5.74) is 0.936. The van der Waals surface area contributed by atoms with Crippen LogP contribution in [0.25, 0.3) is 0 Å². The van der Waals surface area contributed by atoms with Crippen LogP contribution in [-0.4, -0.2) is 49.2 Å². The van der Waals surface area contributed by atoms with Crippen LogP contribution in [0.2, 0.25) is 0 Å². The summed E-state index contributed by atoms with van der Waals surface area (Å²) in [6.45, 7) is 0.519. The number of carbonyl (C=O) groups is 2. The van der Waals surface area contributed by atoms with Gasteiger partial charge in [0.1, 0.15) is 18.1 Å². The lowest BCUT2D eigenvalue weighted by Gasteiger charge is -2.28. The number of hydrogen-bond acceptors (Lipinski definition) is 4. The third-order valence-corrected chi connectivity index (χ3v) is 3.56. The molecule has 0 spiro atoms. The van der Waals surface area contributed by atoms with E-state index >= 15 is 0 Å². The maximum Gasteiger partial charge on any atom is 0.305 e. The SMILES string of the molecule is COc1ccc2c(c1)CC(C(=O)N(C)CCC(=O)O)CO2. The maximum atomic E-state index is 12.3. The van der Waals surface area contributed by atoms with Crippen LogP contribution in [0.1, 0.15) is 12.0 Å². The van der Waals surface area contributed by atoms with Crippen LogP contribution in [0, 0.1) is 5.92 Å². The second-order valence-electron chi connectivity index (χ2n) is 5.09. The number of aliphatic carboxylic acids is 1. The molecule has 0 radical (unpaired) electrons. The van der Waals surface area contributed by atoms with Crippen molar-refractivity contribution in [1.82, 2.24) is 4.90 Å². The molecule has 2 rings (SSSR count). The number of rotatable bonds is 5. The first-order chi connectivity index (χ1) is 10.0. The number of amides is 1. The lowest BCUT2D eigenvalue weighted by molar-refractivity contribution is -0.139. The zero-order valence-electron chi connectivity index (χ0n) is 12.2. The molecule has 0 fully saturated rings. The van der Waals surface area contributed by atoms with Gasteiger partial charge in [-0.1, -0.05) is 0 Å². The number of carboxylic acid groups (broad SMARTS) is 1. The predicted molar refractivity (Wildman–Crippen MR) is 75.6 cm³/mol. The van der Waals surface area contributed by atoms with Crippen molar-refractivity contribution < 1.29 is 24.2 Å². The van der Waals surface area contributed by atoms with Gasteiger partial charge >= 0.3 is 5.97 Å². The molecule has 1 aromatic carbocycles. The molecule has 1 aliphatic rings. The Morgan fingerprint density at radius 1 is 1.48 bits per heavy atom. The van der Waals surface area contributed by atoms with Gasteiger partial charge in [0.2, 0.25) is 5.91 Å². The summed E-state index contributed by atoms with van der Waals surface area (Å²) in [6.07, 6.45) is 0.517. The van der Waals surface area contributed by atoms with Gasteiger partial charge in [-0.15, -0.1) is 0 Å². The quantitative estimate of drug-likeness (QED) is 0.882. The smallest absolute Gasteiger partial charge is 0.305 e. The number of benzene rings is 1. The van der Waals surface area contributed by atoms with Crippen LogP contribution in [0.3, 0.4) is 0 Å². The van der Waals surface area contributed by atoms with Gasteiger partial charge in [-0.25, -0.2) is 0 Å². The highest BCUT2D eigenvalue weighted by Gasteiger charge is 2.28. The Balaban J connectivity index is 2.02. The third-order valence-electron chi connectivity index (χ3n) is 3.56. The largest absolute Gasteiger partial charge is 0.497 e. The Bertz CT molecular complexity index is 543. The van der Waals surface area contributed by atoms with Gasteiger partial charge in [-0.05, 0) is 30.2 Å². The molecule has 1 amide bonds. The summed E-state index contributed by atoms with van der Waals surface area (Å²) in [5.74, 6) is 0.204. The molecule has 0 aliphatic carbocycles. The van der Waals surface area contributed by atoms with Crippen molar-refractivity contribution in [2.45, 2.75) is 12.8 Å². The van der Waals surface area contributed by atoms with E-state index in [1.807, 2.05) is 18.2 Å². The molecule has 1 atom stereocenters. The zero-order valence-corrected chi connectivity index (χ0v) is 12.2. The topological polar surface area (TPSA) is 76.1 Å². The summed E-state index contributed by atoms with van der Waals surface area (Å²) in [7, 11) is 3.21. The molecule has 1 unspecified atom stereocenters. The van der Waals surface area contributed by atoms with E-state index in [4.69, 9.17) is 14.6 Å². The Morgan fingerprint density at radius 3 is 2.90 bits per heavy atom. The van der Waals surface area contributed by atoms with Crippen molar-refractivity contribution in [2.75, 3.05) is 27.3 Å². The second kappa shape index (κ2) is 6.47. The molecule has 0 saturated heterocycles. The Labute approximate surface area is 123 Å². The molecule has 1 aliphatic heterocycles. The van der Waals surface area contributed by atoms with E-state index in [0.29, 0.717) is 13.0 Å². The second-order valence-corrected chi connectivity index (χ2v) is 5.09. The van der Waals surface area contributed by atoms with Gasteiger partial charge in [0.25, 0.3) is 0 Å². The van der Waals surface area contributed by atoms with Crippen molar-refractivity contribution >= 4 is 11.9 Å². The number of nitrogens with zero attached hydrogens (tertiary/aromatic N) is 1. The first-order valence-corrected chi connectivity index (χ1v) is 6.77. The highest BCUT2D eigenvalue weighted by molar-refractivity contribution is 5.80. The van der Waals surface area contributed by atoms with Crippen LogP contribution in [-0.2, 0) is 16.0 Å². The minimum absolute atomic E-state index is 0.0553. The van der Waals surface area contributed by atoms with Crippen LogP contribution >= 0.6 is 0 Å². The van der Waals surface area contributed by atoms with Crippen molar-refractivity contribution in [2.24, 2.45) is 5.92 Å². The molecule has 1 aromatic rings. The number of methoxy groups -OCH3 is 1. The van der Waals surface area contributed by atoms with Gasteiger partial charge < -0.3 is 19.5 Å². The summed E-state index contributed by atoms with van der Waals surface area (Å²) < 4.78 is 10.8. The molecule has 1 heterocycles. The summed E-state index contributed by atoms with van der Waals surface area (Å²) in [5, 5.41) is 8.67. The summed E-state index contributed by atoms with van der Waals surface area (Å²) in [6, 6.07) is 5.52. The standard InChI is InChI=1S/C15H19NO5/c1-16(6-5-14(17)18)15(19)11-7-10-8-12(20-2)3-4-13(10)21-9-11/h3-4,8,11H,5-7,9H2,1-2H3,(H,17,18). The minimum Gasteiger partial charge on any atom is -0.497 e. The fraction of sp³-hybridized carbons (Fsp3) is 0.467. The molecule has 6 nitrogen and oxygen atoms in total. The third kappa shape index (κ3) is 3.65. The van der Waals surface area contributed by atoms with E-state index < -0.39 is 5.97 Å². The lowest BCUT2D eigenvalue weighted by atomic mass is 9.95. The highest BCUT2D eigenvalue weighted by Crippen LogP contribution is 2.31. The molecule has 114 valence electrons. The van der Waals surface area contributed by atoms with Gasteiger partial charge in [-0.3, -0.25) is 9.59 Å². The normalized spacial score (nSPS) is 16.6. The average molecular weight is 293 g/mol. The molecule has 21 heavy (non-hydrogen) atoms. The summed E-state index contributed by atoms with van der Waals surface area (Å²) in [4.78, 5) is 24.3. The molecule has 0 saturated carbocycles. The van der Waals surface area contributed by atoms with Crippen molar-refractivity contribution in [3.05, 3.63) is 23.8 Å². The Hall–Kier alpha value is -2.24. The molecular formula is C15H19NO5. The highest BCUT2D eigenvalue weighted by atomic mass is 16.5. The van der Waals surface area contributed by atoms with Gasteiger partial charge in [0, 0.05) is 13.6 Å². The van der Waals surface area contributed by atoms with Gasteiger partial charge in [-0.2, -0.15) is 0 Å². The van der Waals surface area contributed by atoms with Crippen molar-refractivity contribution in [1.29, 1.82) is 0 Å². The van der Waals surface area contributed by atoms with E-state index in [1.165, 1.54) is 4.90 Å². The number of carboxylic acids is 1. The van der Waals surface area contributed by atoms with Crippen molar-refractivity contribution in [3.63, 3.8) is 0 Å². The Kier molecular flexibility index (Phi) is 4.67. The van der Waals surface area contributed by atoms with Gasteiger partial charge in [0.05, 0.1) is 19.4 Å². The zero-order chi connectivity index (χ0) is 15.4. The Morgan fingerprint density at radius 2 is 2.24 bits per heavy atom. The maximum absolute atomic E-state index is 12.3. The number of carbonyl (C=O) groups excluding carboxylic acids is 1. The molecule has 6 heteroatoms. The first kappa shape index (κ1) is 15.2. The van der Waals surface area contributed by atoms with Gasteiger partial charge in [0.15, 0.2) is 0 Å². The molecule has 1 N–H and O–H groups in total. The minimum atomic E-state index is -0.912. The molecular weight excluding hydrogens is 274 g/mol. The fourth-order valence-corrected chi connectivity index (χ4v) is 2.34. The van der Waals surface area contributed by atoms with E-state index in [9.17, 15) is 9.59 Å². The van der Waals surface area contributed by atoms with E-state index in [0.717, 1.165) is 17.1 Å². The van der Waals surface area contributed by atoms with E-state index in [2.05, 4.69) is 0 Å². The first-order valence-electron chi connectivity index (χ1n) is 6.77. The van der Waals surface area contributed by atoms with Crippen LogP contribution in [0.4, 0.5) is 0 Å². The van der Waals surface area contributed by atoms with E-state index in [-0.39, 0.29) is 24.8 Å². The number of ether oxygens (including phenoxy) is 2. The summed E-state index contributed by atoms with van der Waals surface area (Å²) >= 11 is 0. The van der Waals surface area contributed by atoms with Crippen LogP contribution in [0.5, 0.6) is 11.5 Å². The monoisotopic (exact) mass is 293 g/mol. The molecule has 0 aromatic heterocycles.